The molecule has 2 saturated heterocycles. The Morgan fingerprint density at radius 2 is 1.62 bits per heavy atom. The number of piperazine rings is 1. The maximum Gasteiger partial charge on any atom is 0.416 e. The van der Waals surface area contributed by atoms with Crippen molar-refractivity contribution in [1.82, 2.24) is 9.80 Å². The Bertz CT molecular complexity index is 845. The fraction of sp³-hybridized carbons (Fsp3) is 0.381. The molecular formula is C21H23F3N4O. The van der Waals surface area contributed by atoms with E-state index in [-0.39, 0.29) is 11.7 Å². The summed E-state index contributed by atoms with van der Waals surface area (Å²) in [6, 6.07) is 15.0. The summed E-state index contributed by atoms with van der Waals surface area (Å²) in [6.07, 6.45) is -4.43. The van der Waals surface area contributed by atoms with Crippen molar-refractivity contribution < 1.29 is 18.0 Å². The van der Waals surface area contributed by atoms with Gasteiger partial charge in [0.1, 0.15) is 0 Å². The summed E-state index contributed by atoms with van der Waals surface area (Å²) >= 11 is 0. The van der Waals surface area contributed by atoms with E-state index in [1.54, 1.807) is 4.90 Å². The van der Waals surface area contributed by atoms with Gasteiger partial charge in [-0.15, -0.1) is 0 Å². The SMILES string of the molecule is O=C(Nc1cccc(C(F)(F)F)c1)N1CC(N2CCN(c3ccccc3)CC2)C1. The van der Waals surface area contributed by atoms with Gasteiger partial charge in [0, 0.05) is 56.7 Å². The van der Waals surface area contributed by atoms with Crippen LogP contribution in [-0.2, 0) is 6.18 Å². The van der Waals surface area contributed by atoms with E-state index in [0.29, 0.717) is 19.1 Å². The van der Waals surface area contributed by atoms with Gasteiger partial charge in [-0.3, -0.25) is 4.90 Å². The number of hydrogen-bond donors (Lipinski definition) is 1. The molecule has 2 aliphatic rings. The largest absolute Gasteiger partial charge is 0.416 e. The van der Waals surface area contributed by atoms with Gasteiger partial charge in [0.25, 0.3) is 0 Å². The summed E-state index contributed by atoms with van der Waals surface area (Å²) in [7, 11) is 0. The molecule has 0 atom stereocenters. The molecule has 0 radical (unpaired) electrons. The molecule has 2 aromatic rings. The molecule has 8 heteroatoms. The Hall–Kier alpha value is -2.74. The molecule has 0 spiro atoms. The zero-order valence-electron chi connectivity index (χ0n) is 15.9. The zero-order chi connectivity index (χ0) is 20.4. The summed E-state index contributed by atoms with van der Waals surface area (Å²) in [5, 5.41) is 2.57. The molecule has 2 fully saturated rings. The lowest BCUT2D eigenvalue weighted by molar-refractivity contribution is -0.137. The van der Waals surface area contributed by atoms with Gasteiger partial charge in [0.15, 0.2) is 0 Å². The first-order chi connectivity index (χ1) is 13.9. The average Bonchev–Trinajstić information content (AvgIpc) is 2.68. The molecule has 0 unspecified atom stereocenters. The number of benzene rings is 2. The van der Waals surface area contributed by atoms with Gasteiger partial charge in [-0.25, -0.2) is 4.79 Å². The number of para-hydroxylation sites is 1. The molecule has 2 aromatic carbocycles. The summed E-state index contributed by atoms with van der Waals surface area (Å²) < 4.78 is 38.4. The summed E-state index contributed by atoms with van der Waals surface area (Å²) in [4.78, 5) is 18.7. The van der Waals surface area contributed by atoms with Crippen LogP contribution >= 0.6 is 0 Å². The number of amides is 2. The number of anilines is 2. The van der Waals surface area contributed by atoms with E-state index in [2.05, 4.69) is 27.2 Å². The van der Waals surface area contributed by atoms with Crippen molar-refractivity contribution >= 4 is 17.4 Å². The van der Waals surface area contributed by atoms with Crippen LogP contribution in [0.3, 0.4) is 0 Å². The highest BCUT2D eigenvalue weighted by atomic mass is 19.4. The van der Waals surface area contributed by atoms with Gasteiger partial charge >= 0.3 is 12.2 Å². The summed E-state index contributed by atoms with van der Waals surface area (Å²) in [5.74, 6) is 0. The predicted octanol–water partition coefficient (Wildman–Crippen LogP) is 3.74. The molecule has 1 N–H and O–H groups in total. The van der Waals surface area contributed by atoms with E-state index >= 15 is 0 Å². The zero-order valence-corrected chi connectivity index (χ0v) is 15.9. The Kier molecular flexibility index (Phi) is 5.36. The van der Waals surface area contributed by atoms with Crippen LogP contribution in [0, 0.1) is 0 Å². The number of hydrogen-bond acceptors (Lipinski definition) is 3. The average molecular weight is 404 g/mol. The van der Waals surface area contributed by atoms with E-state index in [1.165, 1.54) is 17.8 Å². The van der Waals surface area contributed by atoms with Gasteiger partial charge in [-0.2, -0.15) is 13.2 Å². The monoisotopic (exact) mass is 404 g/mol. The third-order valence-corrected chi connectivity index (χ3v) is 5.54. The van der Waals surface area contributed by atoms with E-state index in [0.717, 1.165) is 38.3 Å². The predicted molar refractivity (Wildman–Crippen MR) is 106 cm³/mol. The van der Waals surface area contributed by atoms with Gasteiger partial charge in [-0.05, 0) is 30.3 Å². The van der Waals surface area contributed by atoms with Crippen LogP contribution in [0.4, 0.5) is 29.3 Å². The molecule has 5 nitrogen and oxygen atoms in total. The molecule has 0 bridgehead atoms. The molecule has 2 aliphatic heterocycles. The van der Waals surface area contributed by atoms with Crippen LogP contribution in [0.1, 0.15) is 5.56 Å². The summed E-state index contributed by atoms with van der Waals surface area (Å²) in [6.45, 7) is 4.94. The molecule has 154 valence electrons. The quantitative estimate of drug-likeness (QED) is 0.847. The Balaban J connectivity index is 1.25. The summed E-state index contributed by atoms with van der Waals surface area (Å²) in [5.41, 5.74) is 0.612. The lowest BCUT2D eigenvalue weighted by atomic mass is 10.1. The van der Waals surface area contributed by atoms with Crippen LogP contribution in [0.15, 0.2) is 54.6 Å². The van der Waals surface area contributed by atoms with E-state index in [9.17, 15) is 18.0 Å². The normalized spacial score (nSPS) is 18.4. The smallest absolute Gasteiger partial charge is 0.369 e. The van der Waals surface area contributed by atoms with Crippen LogP contribution in [0.5, 0.6) is 0 Å². The maximum atomic E-state index is 12.8. The van der Waals surface area contributed by atoms with Crippen molar-refractivity contribution in [2.24, 2.45) is 0 Å². The minimum absolute atomic E-state index is 0.157. The van der Waals surface area contributed by atoms with Gasteiger partial charge in [-0.1, -0.05) is 24.3 Å². The number of alkyl halides is 3. The number of nitrogens with zero attached hydrogens (tertiary/aromatic N) is 3. The lowest BCUT2D eigenvalue weighted by Gasteiger charge is -2.48. The third kappa shape index (κ3) is 4.48. The number of carbonyl (C=O) groups excluding carboxylic acids is 1. The molecule has 2 heterocycles. The van der Waals surface area contributed by atoms with Crippen molar-refractivity contribution in [2.45, 2.75) is 12.2 Å². The third-order valence-electron chi connectivity index (χ3n) is 5.54. The molecule has 29 heavy (non-hydrogen) atoms. The van der Waals surface area contributed by atoms with Crippen molar-refractivity contribution in [3.8, 4) is 0 Å². The Labute approximate surface area is 167 Å². The van der Waals surface area contributed by atoms with Crippen LogP contribution < -0.4 is 10.2 Å². The van der Waals surface area contributed by atoms with E-state index < -0.39 is 11.7 Å². The second kappa shape index (κ2) is 7.94. The Morgan fingerprint density at radius 3 is 2.28 bits per heavy atom. The van der Waals surface area contributed by atoms with Crippen molar-refractivity contribution in [1.29, 1.82) is 0 Å². The first kappa shape index (κ1) is 19.6. The van der Waals surface area contributed by atoms with Crippen molar-refractivity contribution in [3.05, 3.63) is 60.2 Å². The number of nitrogens with one attached hydrogen (secondary N) is 1. The van der Waals surface area contributed by atoms with Gasteiger partial charge < -0.3 is 15.1 Å². The highest BCUT2D eigenvalue weighted by molar-refractivity contribution is 5.90. The van der Waals surface area contributed by atoms with Crippen LogP contribution in [0.25, 0.3) is 0 Å². The second-order valence-electron chi connectivity index (χ2n) is 7.43. The Morgan fingerprint density at radius 1 is 0.931 bits per heavy atom. The molecule has 2 amide bonds. The molecular weight excluding hydrogens is 381 g/mol. The fourth-order valence-electron chi connectivity index (χ4n) is 3.81. The number of halogens is 3. The van der Waals surface area contributed by atoms with Gasteiger partial charge in [0.2, 0.25) is 0 Å². The lowest BCUT2D eigenvalue weighted by Crippen LogP contribution is -2.64. The van der Waals surface area contributed by atoms with Crippen LogP contribution in [-0.4, -0.2) is 61.1 Å². The van der Waals surface area contributed by atoms with Crippen molar-refractivity contribution in [2.75, 3.05) is 49.5 Å². The fourth-order valence-corrected chi connectivity index (χ4v) is 3.81. The van der Waals surface area contributed by atoms with Crippen LogP contribution in [0.2, 0.25) is 0 Å². The highest BCUT2D eigenvalue weighted by Crippen LogP contribution is 2.31. The van der Waals surface area contributed by atoms with E-state index in [1.807, 2.05) is 18.2 Å². The van der Waals surface area contributed by atoms with Crippen molar-refractivity contribution in [3.63, 3.8) is 0 Å². The minimum Gasteiger partial charge on any atom is -0.369 e. The highest BCUT2D eigenvalue weighted by Gasteiger charge is 2.36. The molecule has 0 aliphatic carbocycles. The number of likely N-dealkylation sites (tertiary alicyclic amines) is 1. The number of rotatable bonds is 3. The van der Waals surface area contributed by atoms with Gasteiger partial charge in [0.05, 0.1) is 5.56 Å². The topological polar surface area (TPSA) is 38.8 Å². The number of carbonyl (C=O) groups is 1. The minimum atomic E-state index is -4.43. The molecule has 4 rings (SSSR count). The maximum absolute atomic E-state index is 12.8. The second-order valence-corrected chi connectivity index (χ2v) is 7.43. The first-order valence-electron chi connectivity index (χ1n) is 9.67. The first-order valence-corrected chi connectivity index (χ1v) is 9.67. The number of urea groups is 1. The standard InChI is InChI=1S/C21H23F3N4O/c22-21(23,24)16-5-4-6-17(13-16)25-20(29)28-14-19(15-28)27-11-9-26(10-12-27)18-7-2-1-3-8-18/h1-8,13,19H,9-12,14-15H2,(H,25,29). The molecule has 0 aromatic heterocycles. The van der Waals surface area contributed by atoms with E-state index in [4.69, 9.17) is 0 Å². The molecule has 0 saturated carbocycles.